The summed E-state index contributed by atoms with van der Waals surface area (Å²) in [5, 5.41) is 9.18. The molecule has 0 saturated heterocycles. The van der Waals surface area contributed by atoms with Crippen LogP contribution in [0.3, 0.4) is 0 Å². The van der Waals surface area contributed by atoms with Gasteiger partial charge in [-0.2, -0.15) is 0 Å². The maximum Gasteiger partial charge on any atom is 0.323 e. The second-order valence-corrected chi connectivity index (χ2v) is 10.0. The van der Waals surface area contributed by atoms with Gasteiger partial charge in [0.15, 0.2) is 0 Å². The van der Waals surface area contributed by atoms with Gasteiger partial charge in [0.1, 0.15) is 6.54 Å². The maximum absolute atomic E-state index is 12.5. The standard InChI is InChI=1S/C29H57NO4/c1-3-4-5-6-7-8-9-10-13-16-19-22-25-30(27-29(32)33)28(31)24-21-18-15-12-11-14-17-20-23-26-34-2/h3-27H2,1-2H3,(H,32,33). The number of rotatable bonds is 27. The fourth-order valence-corrected chi connectivity index (χ4v) is 4.52. The van der Waals surface area contributed by atoms with E-state index in [2.05, 4.69) is 6.92 Å². The molecule has 0 aromatic rings. The fraction of sp³-hybridized carbons (Fsp3) is 0.931. The van der Waals surface area contributed by atoms with Crippen molar-refractivity contribution in [1.82, 2.24) is 4.90 Å². The first-order valence-electron chi connectivity index (χ1n) is 14.6. The van der Waals surface area contributed by atoms with Gasteiger partial charge in [-0.25, -0.2) is 0 Å². The molecular formula is C29H57NO4. The molecule has 0 aliphatic carbocycles. The number of methoxy groups -OCH3 is 1. The summed E-state index contributed by atoms with van der Waals surface area (Å²) in [7, 11) is 1.75. The lowest BCUT2D eigenvalue weighted by atomic mass is 10.0. The largest absolute Gasteiger partial charge is 0.480 e. The zero-order valence-corrected chi connectivity index (χ0v) is 22.8. The van der Waals surface area contributed by atoms with E-state index in [1.54, 1.807) is 12.0 Å². The highest BCUT2D eigenvalue weighted by molar-refractivity contribution is 5.81. The predicted molar refractivity (Wildman–Crippen MR) is 143 cm³/mol. The lowest BCUT2D eigenvalue weighted by Crippen LogP contribution is -2.36. The third-order valence-electron chi connectivity index (χ3n) is 6.70. The van der Waals surface area contributed by atoms with E-state index in [0.717, 1.165) is 38.7 Å². The van der Waals surface area contributed by atoms with E-state index in [1.807, 2.05) is 0 Å². The van der Waals surface area contributed by atoms with E-state index in [4.69, 9.17) is 4.74 Å². The van der Waals surface area contributed by atoms with E-state index in [0.29, 0.717) is 13.0 Å². The molecule has 0 atom stereocenters. The number of carbonyl (C=O) groups excluding carboxylic acids is 1. The summed E-state index contributed by atoms with van der Waals surface area (Å²) in [6.07, 6.45) is 26.4. The monoisotopic (exact) mass is 483 g/mol. The summed E-state index contributed by atoms with van der Waals surface area (Å²) in [6, 6.07) is 0. The summed E-state index contributed by atoms with van der Waals surface area (Å²) in [4.78, 5) is 25.3. The minimum Gasteiger partial charge on any atom is -0.480 e. The van der Waals surface area contributed by atoms with Crippen LogP contribution < -0.4 is 0 Å². The number of carboxylic acids is 1. The van der Waals surface area contributed by atoms with Crippen molar-refractivity contribution >= 4 is 11.9 Å². The number of aliphatic carboxylic acids is 1. The minimum absolute atomic E-state index is 0.0172. The van der Waals surface area contributed by atoms with Gasteiger partial charge >= 0.3 is 5.97 Å². The zero-order chi connectivity index (χ0) is 25.1. The Balaban J connectivity index is 3.70. The third-order valence-corrected chi connectivity index (χ3v) is 6.70. The van der Waals surface area contributed by atoms with Crippen molar-refractivity contribution in [2.24, 2.45) is 0 Å². The molecule has 0 radical (unpaired) electrons. The molecule has 0 bridgehead atoms. The van der Waals surface area contributed by atoms with Crippen molar-refractivity contribution in [3.63, 3.8) is 0 Å². The van der Waals surface area contributed by atoms with Crippen molar-refractivity contribution in [1.29, 1.82) is 0 Å². The van der Waals surface area contributed by atoms with Crippen molar-refractivity contribution < 1.29 is 19.4 Å². The van der Waals surface area contributed by atoms with Crippen LogP contribution in [-0.4, -0.2) is 48.7 Å². The van der Waals surface area contributed by atoms with Crippen LogP contribution in [0.5, 0.6) is 0 Å². The Morgan fingerprint density at radius 3 is 1.47 bits per heavy atom. The summed E-state index contributed by atoms with van der Waals surface area (Å²) in [5.74, 6) is -0.888. The average molecular weight is 484 g/mol. The van der Waals surface area contributed by atoms with Crippen LogP contribution in [0.1, 0.15) is 148 Å². The zero-order valence-electron chi connectivity index (χ0n) is 22.8. The Bertz CT molecular complexity index is 455. The summed E-state index contributed by atoms with van der Waals surface area (Å²) < 4.78 is 5.07. The van der Waals surface area contributed by atoms with Crippen LogP contribution in [0.2, 0.25) is 0 Å². The molecule has 1 N–H and O–H groups in total. The number of amides is 1. The highest BCUT2D eigenvalue weighted by atomic mass is 16.5. The Hall–Kier alpha value is -1.10. The lowest BCUT2D eigenvalue weighted by molar-refractivity contribution is -0.144. The molecule has 0 spiro atoms. The van der Waals surface area contributed by atoms with Crippen LogP contribution in [0.4, 0.5) is 0 Å². The van der Waals surface area contributed by atoms with E-state index < -0.39 is 5.97 Å². The summed E-state index contributed by atoms with van der Waals surface area (Å²) >= 11 is 0. The molecule has 0 aromatic carbocycles. The van der Waals surface area contributed by atoms with E-state index in [-0.39, 0.29) is 12.5 Å². The predicted octanol–water partition coefficient (Wildman–Crippen LogP) is 8.15. The molecule has 0 aliphatic heterocycles. The fourth-order valence-electron chi connectivity index (χ4n) is 4.52. The van der Waals surface area contributed by atoms with Crippen LogP contribution in [-0.2, 0) is 14.3 Å². The number of unbranched alkanes of at least 4 members (excludes halogenated alkanes) is 19. The van der Waals surface area contributed by atoms with Crippen molar-refractivity contribution in [2.75, 3.05) is 26.8 Å². The van der Waals surface area contributed by atoms with Gasteiger partial charge in [-0.15, -0.1) is 0 Å². The van der Waals surface area contributed by atoms with Crippen molar-refractivity contribution in [2.45, 2.75) is 148 Å². The highest BCUT2D eigenvalue weighted by Crippen LogP contribution is 2.14. The normalized spacial score (nSPS) is 11.1. The quantitative estimate of drug-likeness (QED) is 0.120. The molecule has 5 heteroatoms. The molecular weight excluding hydrogens is 426 g/mol. The van der Waals surface area contributed by atoms with Gasteiger partial charge < -0.3 is 14.7 Å². The third kappa shape index (κ3) is 24.0. The van der Waals surface area contributed by atoms with Gasteiger partial charge in [0.25, 0.3) is 0 Å². The SMILES string of the molecule is CCCCCCCCCCCCCCN(CC(=O)O)C(=O)CCCCCCCCCCCOC. The molecule has 34 heavy (non-hydrogen) atoms. The molecule has 0 heterocycles. The molecule has 1 amide bonds. The Labute approximate surface area is 211 Å². The molecule has 0 saturated carbocycles. The van der Waals surface area contributed by atoms with E-state index in [1.165, 1.54) is 103 Å². The molecule has 0 aliphatic rings. The van der Waals surface area contributed by atoms with Gasteiger partial charge in [-0.05, 0) is 19.3 Å². The van der Waals surface area contributed by atoms with E-state index in [9.17, 15) is 14.7 Å². The van der Waals surface area contributed by atoms with Gasteiger partial charge in [0.2, 0.25) is 5.91 Å². The Kier molecular flexibility index (Phi) is 25.6. The summed E-state index contributed by atoms with van der Waals surface area (Å²) in [6.45, 7) is 3.56. The average Bonchev–Trinajstić information content (AvgIpc) is 2.82. The number of ether oxygens (including phenoxy) is 1. The smallest absolute Gasteiger partial charge is 0.323 e. The Morgan fingerprint density at radius 1 is 0.618 bits per heavy atom. The molecule has 202 valence electrons. The summed E-state index contributed by atoms with van der Waals surface area (Å²) in [5.41, 5.74) is 0. The second-order valence-electron chi connectivity index (χ2n) is 10.0. The molecule has 5 nitrogen and oxygen atoms in total. The number of nitrogens with zero attached hydrogens (tertiary/aromatic N) is 1. The first-order valence-corrected chi connectivity index (χ1v) is 14.6. The van der Waals surface area contributed by atoms with Gasteiger partial charge in [-0.3, -0.25) is 9.59 Å². The van der Waals surface area contributed by atoms with Crippen LogP contribution >= 0.6 is 0 Å². The van der Waals surface area contributed by atoms with Crippen LogP contribution in [0.25, 0.3) is 0 Å². The van der Waals surface area contributed by atoms with Crippen LogP contribution in [0.15, 0.2) is 0 Å². The lowest BCUT2D eigenvalue weighted by Gasteiger charge is -2.20. The topological polar surface area (TPSA) is 66.8 Å². The second kappa shape index (κ2) is 26.5. The van der Waals surface area contributed by atoms with Gasteiger partial charge in [0, 0.05) is 26.7 Å². The van der Waals surface area contributed by atoms with Gasteiger partial charge in [0.05, 0.1) is 0 Å². The van der Waals surface area contributed by atoms with Crippen molar-refractivity contribution in [3.8, 4) is 0 Å². The van der Waals surface area contributed by atoms with Crippen LogP contribution in [0, 0.1) is 0 Å². The minimum atomic E-state index is -0.905. The molecule has 0 aromatic heterocycles. The molecule has 0 fully saturated rings. The first-order chi connectivity index (χ1) is 16.6. The Morgan fingerprint density at radius 2 is 1.03 bits per heavy atom. The molecule has 0 rings (SSSR count). The number of hydrogen-bond acceptors (Lipinski definition) is 3. The van der Waals surface area contributed by atoms with Crippen molar-refractivity contribution in [3.05, 3.63) is 0 Å². The molecule has 0 unspecified atom stereocenters. The highest BCUT2D eigenvalue weighted by Gasteiger charge is 2.15. The number of carboxylic acid groups (broad SMARTS) is 1. The maximum atomic E-state index is 12.5. The number of carbonyl (C=O) groups is 2. The van der Waals surface area contributed by atoms with Gasteiger partial charge in [-0.1, -0.05) is 122 Å². The first kappa shape index (κ1) is 32.9. The van der Waals surface area contributed by atoms with E-state index >= 15 is 0 Å². The number of hydrogen-bond donors (Lipinski definition) is 1.